The van der Waals surface area contributed by atoms with Crippen LogP contribution in [0.1, 0.15) is 10.4 Å². The van der Waals surface area contributed by atoms with Crippen LogP contribution in [-0.4, -0.2) is 21.8 Å². The van der Waals surface area contributed by atoms with E-state index in [4.69, 9.17) is 32.1 Å². The Morgan fingerprint density at radius 3 is 2.32 bits per heavy atom. The molecule has 0 fully saturated rings. The minimum Gasteiger partial charge on any atom is -0.493 e. The molecule has 0 radical (unpaired) electrons. The van der Waals surface area contributed by atoms with Gasteiger partial charge in [-0.1, -0.05) is 23.2 Å². The Morgan fingerprint density at radius 2 is 1.73 bits per heavy atom. The maximum Gasteiger partial charge on any atom is 0.339 e. The number of aldehydes is 1. The predicted octanol–water partition coefficient (Wildman–Crippen LogP) is 3.58. The highest BCUT2D eigenvalue weighted by Gasteiger charge is 2.20. The molecule has 0 saturated heterocycles. The third kappa shape index (κ3) is 3.52. The molecule has 0 saturated carbocycles. The summed E-state index contributed by atoms with van der Waals surface area (Å²) < 4.78 is 34.5. The summed E-state index contributed by atoms with van der Waals surface area (Å²) in [6.45, 7) is 0. The SMILES string of the molecule is COc1cc(C=O)ccc1OS(=O)(=O)c1ccc(Cl)c(Cl)c1. The molecule has 0 unspecified atom stereocenters. The normalized spacial score (nSPS) is 11.0. The van der Waals surface area contributed by atoms with Gasteiger partial charge in [0.2, 0.25) is 0 Å². The average Bonchev–Trinajstić information content (AvgIpc) is 2.50. The van der Waals surface area contributed by atoms with Crippen LogP contribution in [0.25, 0.3) is 0 Å². The summed E-state index contributed by atoms with van der Waals surface area (Å²) in [6.07, 6.45) is 0.611. The molecule has 0 aliphatic carbocycles. The molecule has 0 bridgehead atoms. The highest BCUT2D eigenvalue weighted by molar-refractivity contribution is 7.87. The molecule has 0 heterocycles. The van der Waals surface area contributed by atoms with E-state index in [2.05, 4.69) is 0 Å². The summed E-state index contributed by atoms with van der Waals surface area (Å²) >= 11 is 11.6. The summed E-state index contributed by atoms with van der Waals surface area (Å²) in [6, 6.07) is 7.92. The Bertz CT molecular complexity index is 818. The summed E-state index contributed by atoms with van der Waals surface area (Å²) in [5.41, 5.74) is 0.330. The number of benzene rings is 2. The van der Waals surface area contributed by atoms with E-state index in [1.54, 1.807) is 0 Å². The van der Waals surface area contributed by atoms with Crippen LogP contribution in [-0.2, 0) is 10.1 Å². The monoisotopic (exact) mass is 360 g/mol. The van der Waals surface area contributed by atoms with Crippen molar-refractivity contribution in [1.82, 2.24) is 0 Å². The Morgan fingerprint density at radius 1 is 1.00 bits per heavy atom. The van der Waals surface area contributed by atoms with Gasteiger partial charge in [0.25, 0.3) is 0 Å². The van der Waals surface area contributed by atoms with Gasteiger partial charge in [-0.05, 0) is 36.4 Å². The quantitative estimate of drug-likeness (QED) is 0.601. The smallest absolute Gasteiger partial charge is 0.339 e. The molecular formula is C14H10Cl2O5S. The summed E-state index contributed by atoms with van der Waals surface area (Å²) in [5.74, 6) is 0.0763. The fourth-order valence-corrected chi connectivity index (χ4v) is 2.95. The lowest BCUT2D eigenvalue weighted by Crippen LogP contribution is -2.10. The highest BCUT2D eigenvalue weighted by atomic mass is 35.5. The number of hydrogen-bond acceptors (Lipinski definition) is 5. The molecule has 0 atom stereocenters. The van der Waals surface area contributed by atoms with Gasteiger partial charge >= 0.3 is 10.1 Å². The van der Waals surface area contributed by atoms with Crippen LogP contribution >= 0.6 is 23.2 Å². The van der Waals surface area contributed by atoms with Crippen LogP contribution in [0.5, 0.6) is 11.5 Å². The summed E-state index contributed by atoms with van der Waals surface area (Å²) in [4.78, 5) is 10.6. The van der Waals surface area contributed by atoms with E-state index in [-0.39, 0.29) is 26.4 Å². The van der Waals surface area contributed by atoms with Gasteiger partial charge in [0.1, 0.15) is 11.2 Å². The van der Waals surface area contributed by atoms with Crippen LogP contribution < -0.4 is 8.92 Å². The van der Waals surface area contributed by atoms with Gasteiger partial charge in [-0.3, -0.25) is 4.79 Å². The molecule has 0 aliphatic heterocycles. The van der Waals surface area contributed by atoms with Crippen LogP contribution in [0.4, 0.5) is 0 Å². The Labute approximate surface area is 137 Å². The molecule has 0 aliphatic rings. The molecule has 116 valence electrons. The van der Waals surface area contributed by atoms with Crippen molar-refractivity contribution in [2.75, 3.05) is 7.11 Å². The number of rotatable bonds is 5. The fraction of sp³-hybridized carbons (Fsp3) is 0.0714. The first-order valence-corrected chi connectivity index (χ1v) is 8.06. The zero-order valence-electron chi connectivity index (χ0n) is 11.2. The van der Waals surface area contributed by atoms with Crippen molar-refractivity contribution in [3.05, 3.63) is 52.0 Å². The van der Waals surface area contributed by atoms with Gasteiger partial charge in [-0.25, -0.2) is 0 Å². The van der Waals surface area contributed by atoms with Gasteiger partial charge in [-0.15, -0.1) is 0 Å². The third-order valence-electron chi connectivity index (χ3n) is 2.70. The number of ether oxygens (including phenoxy) is 1. The lowest BCUT2D eigenvalue weighted by Gasteiger charge is -2.11. The van der Waals surface area contributed by atoms with E-state index in [0.717, 1.165) is 0 Å². The van der Waals surface area contributed by atoms with Gasteiger partial charge in [0.15, 0.2) is 11.5 Å². The summed E-state index contributed by atoms with van der Waals surface area (Å²) in [7, 11) is -2.78. The number of carbonyl (C=O) groups is 1. The first kappa shape index (κ1) is 16.6. The van der Waals surface area contributed by atoms with Crippen molar-refractivity contribution in [3.63, 3.8) is 0 Å². The number of halogens is 2. The Hall–Kier alpha value is -1.76. The first-order chi connectivity index (χ1) is 10.4. The maximum absolute atomic E-state index is 12.2. The van der Waals surface area contributed by atoms with Crippen molar-refractivity contribution in [2.45, 2.75) is 4.90 Å². The van der Waals surface area contributed by atoms with E-state index < -0.39 is 10.1 Å². The molecule has 22 heavy (non-hydrogen) atoms. The second-order valence-electron chi connectivity index (χ2n) is 4.14. The van der Waals surface area contributed by atoms with Gasteiger partial charge in [0, 0.05) is 5.56 Å². The highest BCUT2D eigenvalue weighted by Crippen LogP contribution is 2.32. The van der Waals surface area contributed by atoms with Crippen molar-refractivity contribution >= 4 is 39.6 Å². The average molecular weight is 361 g/mol. The second-order valence-corrected chi connectivity index (χ2v) is 6.50. The van der Waals surface area contributed by atoms with Crippen LogP contribution in [0.15, 0.2) is 41.3 Å². The van der Waals surface area contributed by atoms with Gasteiger partial charge in [0.05, 0.1) is 17.2 Å². The third-order valence-corrected chi connectivity index (χ3v) is 4.67. The van der Waals surface area contributed by atoms with E-state index in [1.807, 2.05) is 0 Å². The molecular weight excluding hydrogens is 351 g/mol. The van der Waals surface area contributed by atoms with Crippen molar-refractivity contribution in [3.8, 4) is 11.5 Å². The lowest BCUT2D eigenvalue weighted by atomic mass is 10.2. The zero-order chi connectivity index (χ0) is 16.3. The number of methoxy groups -OCH3 is 1. The molecule has 8 heteroatoms. The van der Waals surface area contributed by atoms with E-state index in [0.29, 0.717) is 11.8 Å². The fourth-order valence-electron chi connectivity index (χ4n) is 1.62. The molecule has 0 aromatic heterocycles. The molecule has 5 nitrogen and oxygen atoms in total. The van der Waals surface area contributed by atoms with Crippen LogP contribution in [0.2, 0.25) is 10.0 Å². The van der Waals surface area contributed by atoms with Crippen molar-refractivity contribution < 1.29 is 22.1 Å². The standard InChI is InChI=1S/C14H10Cl2O5S/c1-20-14-6-9(8-17)2-5-13(14)21-22(18,19)10-3-4-11(15)12(16)7-10/h2-8H,1H3. The number of carbonyl (C=O) groups excluding carboxylic acids is 1. The first-order valence-electron chi connectivity index (χ1n) is 5.90. The number of hydrogen-bond donors (Lipinski definition) is 0. The molecule has 2 aromatic rings. The van der Waals surface area contributed by atoms with Crippen molar-refractivity contribution in [1.29, 1.82) is 0 Å². The largest absolute Gasteiger partial charge is 0.493 e. The van der Waals surface area contributed by atoms with Crippen LogP contribution in [0, 0.1) is 0 Å². The minimum absolute atomic E-state index is 0.0424. The Kier molecular flexibility index (Phi) is 4.95. The zero-order valence-corrected chi connectivity index (χ0v) is 13.6. The van der Waals surface area contributed by atoms with Gasteiger partial charge in [-0.2, -0.15) is 8.42 Å². The summed E-state index contributed by atoms with van der Waals surface area (Å²) in [5, 5.41) is 0.322. The Balaban J connectivity index is 2.40. The lowest BCUT2D eigenvalue weighted by molar-refractivity contribution is 0.112. The van der Waals surface area contributed by atoms with E-state index >= 15 is 0 Å². The predicted molar refractivity (Wildman–Crippen MR) is 82.7 cm³/mol. The van der Waals surface area contributed by atoms with E-state index in [9.17, 15) is 13.2 Å². The molecule has 0 N–H and O–H groups in total. The van der Waals surface area contributed by atoms with Crippen LogP contribution in [0.3, 0.4) is 0 Å². The topological polar surface area (TPSA) is 69.7 Å². The second kappa shape index (κ2) is 6.56. The molecule has 0 amide bonds. The molecule has 2 rings (SSSR count). The van der Waals surface area contributed by atoms with Crippen molar-refractivity contribution in [2.24, 2.45) is 0 Å². The molecule has 2 aromatic carbocycles. The maximum atomic E-state index is 12.2. The van der Waals surface area contributed by atoms with E-state index in [1.165, 1.54) is 43.5 Å². The minimum atomic E-state index is -4.12. The molecule has 0 spiro atoms. The van der Waals surface area contributed by atoms with Gasteiger partial charge < -0.3 is 8.92 Å².